The first kappa shape index (κ1) is 21.3. The van der Waals surface area contributed by atoms with Gasteiger partial charge in [-0.1, -0.05) is 0 Å². The first-order valence-corrected chi connectivity index (χ1v) is 9.31. The summed E-state index contributed by atoms with van der Waals surface area (Å²) in [6.45, 7) is 1.48. The van der Waals surface area contributed by atoms with Gasteiger partial charge in [-0.2, -0.15) is 18.2 Å². The molecular formula is C20H17F3N6O3. The lowest BCUT2D eigenvalue weighted by atomic mass is 10.1. The fourth-order valence-electron chi connectivity index (χ4n) is 3.29. The molecule has 0 saturated carbocycles. The highest BCUT2D eigenvalue weighted by Crippen LogP contribution is 2.35. The van der Waals surface area contributed by atoms with Crippen LogP contribution in [0.3, 0.4) is 0 Å². The largest absolute Gasteiger partial charge is 0.439 e. The number of nitrogens with zero attached hydrogens (tertiary/aromatic N) is 5. The second-order valence-corrected chi connectivity index (χ2v) is 6.98. The minimum atomic E-state index is -4.61. The van der Waals surface area contributed by atoms with Crippen molar-refractivity contribution >= 4 is 23.4 Å². The zero-order chi connectivity index (χ0) is 23.0. The molecule has 0 radical (unpaired) electrons. The van der Waals surface area contributed by atoms with Gasteiger partial charge in [-0.25, -0.2) is 9.78 Å². The van der Waals surface area contributed by atoms with Gasteiger partial charge in [0.15, 0.2) is 6.23 Å². The Morgan fingerprint density at radius 1 is 1.22 bits per heavy atom. The van der Waals surface area contributed by atoms with E-state index < -0.39 is 24.0 Å². The number of aliphatic hydroxyl groups is 1. The highest BCUT2D eigenvalue weighted by atomic mass is 19.4. The van der Waals surface area contributed by atoms with E-state index in [0.717, 1.165) is 22.1 Å². The lowest BCUT2D eigenvalue weighted by Gasteiger charge is -2.22. The van der Waals surface area contributed by atoms with Gasteiger partial charge in [0.1, 0.15) is 5.75 Å². The van der Waals surface area contributed by atoms with E-state index in [9.17, 15) is 23.1 Å². The number of aromatic nitrogens is 3. The molecule has 0 bridgehead atoms. The molecule has 2 aromatic heterocycles. The van der Waals surface area contributed by atoms with Crippen molar-refractivity contribution in [1.29, 1.82) is 0 Å². The Balaban J connectivity index is 1.58. The van der Waals surface area contributed by atoms with Crippen LogP contribution in [0.5, 0.6) is 11.6 Å². The lowest BCUT2D eigenvalue weighted by Crippen LogP contribution is -2.35. The zero-order valence-electron chi connectivity index (χ0n) is 16.6. The number of amides is 2. The molecular weight excluding hydrogens is 429 g/mol. The van der Waals surface area contributed by atoms with Crippen LogP contribution in [0.2, 0.25) is 0 Å². The predicted molar refractivity (Wildman–Crippen MR) is 108 cm³/mol. The molecule has 0 spiro atoms. The number of nitrogens with two attached hydrogens (primary N) is 1. The topological polar surface area (TPSA) is 118 Å². The van der Waals surface area contributed by atoms with Gasteiger partial charge in [0, 0.05) is 18.5 Å². The Bertz CT molecular complexity index is 1170. The van der Waals surface area contributed by atoms with Crippen LogP contribution in [-0.2, 0) is 6.18 Å². The van der Waals surface area contributed by atoms with Gasteiger partial charge in [0.25, 0.3) is 0 Å². The number of carbonyl (C=O) groups excluding carboxylic acids is 1. The number of aryl methyl sites for hydroxylation is 1. The van der Waals surface area contributed by atoms with Gasteiger partial charge in [-0.15, -0.1) is 0 Å². The number of rotatable bonds is 4. The highest BCUT2D eigenvalue weighted by Gasteiger charge is 2.40. The first-order chi connectivity index (χ1) is 15.1. The van der Waals surface area contributed by atoms with Crippen LogP contribution >= 0.6 is 0 Å². The molecule has 3 heterocycles. The number of aliphatic hydroxyl groups excluding tert-OH is 1. The number of pyridine rings is 1. The Hall–Kier alpha value is -3.93. The molecule has 9 nitrogen and oxygen atoms in total. The Morgan fingerprint density at radius 2 is 2.00 bits per heavy atom. The maximum atomic E-state index is 13.0. The average Bonchev–Trinajstić information content (AvgIpc) is 3.02. The van der Waals surface area contributed by atoms with E-state index in [1.807, 2.05) is 0 Å². The van der Waals surface area contributed by atoms with E-state index in [0.29, 0.717) is 23.2 Å². The number of alkyl halides is 3. The molecule has 1 atom stereocenters. The molecule has 12 heteroatoms. The van der Waals surface area contributed by atoms with E-state index in [2.05, 4.69) is 15.0 Å². The number of carbonyl (C=O) groups is 1. The number of anilines is 3. The maximum Gasteiger partial charge on any atom is 0.417 e. The second-order valence-electron chi connectivity index (χ2n) is 6.98. The van der Waals surface area contributed by atoms with Crippen molar-refractivity contribution in [2.75, 3.05) is 22.1 Å². The van der Waals surface area contributed by atoms with Crippen LogP contribution in [0.25, 0.3) is 0 Å². The lowest BCUT2D eigenvalue weighted by molar-refractivity contribution is -0.137. The van der Waals surface area contributed by atoms with Crippen molar-refractivity contribution in [1.82, 2.24) is 15.0 Å². The molecule has 0 unspecified atom stereocenters. The smallest absolute Gasteiger partial charge is 0.417 e. The predicted octanol–water partition coefficient (Wildman–Crippen LogP) is 3.34. The van der Waals surface area contributed by atoms with Gasteiger partial charge in [-0.3, -0.25) is 14.8 Å². The van der Waals surface area contributed by atoms with Crippen molar-refractivity contribution in [3.8, 4) is 11.6 Å². The molecule has 166 valence electrons. The maximum absolute atomic E-state index is 13.0. The van der Waals surface area contributed by atoms with Crippen LogP contribution < -0.4 is 20.3 Å². The third-order valence-electron chi connectivity index (χ3n) is 4.74. The van der Waals surface area contributed by atoms with Crippen molar-refractivity contribution in [2.45, 2.75) is 19.3 Å². The van der Waals surface area contributed by atoms with Crippen molar-refractivity contribution in [2.24, 2.45) is 0 Å². The molecule has 2 amide bonds. The van der Waals surface area contributed by atoms with Gasteiger partial charge < -0.3 is 15.6 Å². The van der Waals surface area contributed by atoms with Crippen LogP contribution in [0, 0.1) is 6.92 Å². The summed E-state index contributed by atoms with van der Waals surface area (Å²) in [5.41, 5.74) is 5.43. The number of hydrogen-bond acceptors (Lipinski definition) is 7. The summed E-state index contributed by atoms with van der Waals surface area (Å²) < 4.78 is 44.7. The molecule has 1 aliphatic heterocycles. The number of nitrogen functional groups attached to an aromatic ring is 1. The summed E-state index contributed by atoms with van der Waals surface area (Å²) in [5, 5.41) is 10.5. The number of hydrogen-bond donors (Lipinski definition) is 2. The van der Waals surface area contributed by atoms with Crippen molar-refractivity contribution in [3.05, 3.63) is 60.0 Å². The third-order valence-corrected chi connectivity index (χ3v) is 4.74. The number of halogens is 3. The van der Waals surface area contributed by atoms with Gasteiger partial charge in [0.2, 0.25) is 11.8 Å². The van der Waals surface area contributed by atoms with E-state index in [-0.39, 0.29) is 24.1 Å². The molecule has 4 rings (SSSR count). The summed E-state index contributed by atoms with van der Waals surface area (Å²) in [5.74, 6) is 0.681. The average molecular weight is 446 g/mol. The van der Waals surface area contributed by atoms with Crippen LogP contribution in [0.1, 0.15) is 11.1 Å². The molecule has 0 aliphatic carbocycles. The van der Waals surface area contributed by atoms with Crippen molar-refractivity contribution < 1.29 is 27.8 Å². The van der Waals surface area contributed by atoms with Gasteiger partial charge >= 0.3 is 12.2 Å². The number of β-amino-alcohol motifs (C(OH)–C–C–N with tert-alkyl or cyclic N) is 1. The van der Waals surface area contributed by atoms with Crippen molar-refractivity contribution in [3.63, 3.8) is 0 Å². The fourth-order valence-corrected chi connectivity index (χ4v) is 3.29. The summed E-state index contributed by atoms with van der Waals surface area (Å²) in [6.07, 6.45) is -2.63. The van der Waals surface area contributed by atoms with Gasteiger partial charge in [-0.05, 0) is 36.8 Å². The summed E-state index contributed by atoms with van der Waals surface area (Å²) >= 11 is 0. The SMILES string of the molecule is Cc1cc(Oc2ccnc(N)n2)ccc1N1C(=O)N(c2cncc(C(F)(F)F)c2)C[C@@H]1O. The van der Waals surface area contributed by atoms with Crippen LogP contribution in [-0.4, -0.2) is 38.9 Å². The normalized spacial score (nSPS) is 16.5. The van der Waals surface area contributed by atoms with Crippen LogP contribution in [0.15, 0.2) is 48.9 Å². The molecule has 1 aromatic carbocycles. The van der Waals surface area contributed by atoms with Gasteiger partial charge in [0.05, 0.1) is 29.7 Å². The fraction of sp³-hybridized carbons (Fsp3) is 0.200. The summed E-state index contributed by atoms with van der Waals surface area (Å²) in [7, 11) is 0. The standard InChI is InChI=1S/C20H17F3N6O3/c1-11-6-14(32-16-4-5-26-18(24)27-16)2-3-15(11)29-17(30)10-28(19(29)31)13-7-12(8-25-9-13)20(21,22)23/h2-9,17,30H,10H2,1H3,(H2,24,26,27)/t17-/m0/s1. The second kappa shape index (κ2) is 7.96. The van der Waals surface area contributed by atoms with E-state index in [1.54, 1.807) is 25.1 Å². The minimum Gasteiger partial charge on any atom is -0.439 e. The third kappa shape index (κ3) is 4.12. The first-order valence-electron chi connectivity index (χ1n) is 9.31. The molecule has 3 aromatic rings. The monoisotopic (exact) mass is 446 g/mol. The molecule has 1 fully saturated rings. The number of urea groups is 1. The summed E-state index contributed by atoms with van der Waals surface area (Å²) in [4.78, 5) is 26.4. The van der Waals surface area contributed by atoms with E-state index in [1.165, 1.54) is 12.3 Å². The van der Waals surface area contributed by atoms with E-state index >= 15 is 0 Å². The van der Waals surface area contributed by atoms with Crippen LogP contribution in [0.4, 0.5) is 35.3 Å². The zero-order valence-corrected chi connectivity index (χ0v) is 16.6. The Kier molecular flexibility index (Phi) is 5.30. The Morgan fingerprint density at radius 3 is 2.69 bits per heavy atom. The minimum absolute atomic E-state index is 0.0470. The highest BCUT2D eigenvalue weighted by molar-refractivity contribution is 6.06. The molecule has 1 aliphatic rings. The number of ether oxygens (including phenoxy) is 1. The summed E-state index contributed by atoms with van der Waals surface area (Å²) in [6, 6.07) is 6.41. The quantitative estimate of drug-likeness (QED) is 0.631. The molecule has 3 N–H and O–H groups in total. The molecule has 32 heavy (non-hydrogen) atoms. The Labute approximate surface area is 179 Å². The number of benzene rings is 1. The molecule has 1 saturated heterocycles. The van der Waals surface area contributed by atoms with E-state index in [4.69, 9.17) is 10.5 Å².